The van der Waals surface area contributed by atoms with Crippen LogP contribution in [0, 0.1) is 0 Å². The molecule has 0 aliphatic rings. The van der Waals surface area contributed by atoms with E-state index in [4.69, 9.17) is 4.74 Å². The predicted octanol–water partition coefficient (Wildman–Crippen LogP) is 6.20. The Bertz CT molecular complexity index is 255. The summed E-state index contributed by atoms with van der Waals surface area (Å²) in [5.41, 5.74) is 1.30. The maximum absolute atomic E-state index is 11.8. The van der Waals surface area contributed by atoms with Crippen LogP contribution in [0.1, 0.15) is 97.8 Å². The molecular formula is C19H36O2. The normalized spacial score (nSPS) is 10.4. The van der Waals surface area contributed by atoms with Crippen LogP contribution < -0.4 is 0 Å². The van der Waals surface area contributed by atoms with Crippen LogP contribution in [0.3, 0.4) is 0 Å². The molecule has 0 N–H and O–H groups in total. The molecule has 0 aromatic heterocycles. The first-order valence-corrected chi connectivity index (χ1v) is 9.10. The summed E-state index contributed by atoms with van der Waals surface area (Å²) in [4.78, 5) is 11.8. The van der Waals surface area contributed by atoms with Gasteiger partial charge in [0, 0.05) is 6.08 Å². The van der Waals surface area contributed by atoms with E-state index in [2.05, 4.69) is 20.8 Å². The van der Waals surface area contributed by atoms with Gasteiger partial charge in [-0.3, -0.25) is 0 Å². The molecule has 0 unspecified atom stereocenters. The molecule has 2 nitrogen and oxygen atoms in total. The number of esters is 1. The van der Waals surface area contributed by atoms with Gasteiger partial charge in [-0.25, -0.2) is 4.79 Å². The molecule has 0 amide bonds. The van der Waals surface area contributed by atoms with Crippen molar-refractivity contribution in [2.45, 2.75) is 97.8 Å². The molecule has 124 valence electrons. The zero-order valence-electron chi connectivity index (χ0n) is 14.6. The Kier molecular flexibility index (Phi) is 15.0. The van der Waals surface area contributed by atoms with Gasteiger partial charge >= 0.3 is 5.97 Å². The molecular weight excluding hydrogens is 260 g/mol. The summed E-state index contributed by atoms with van der Waals surface area (Å²) >= 11 is 0. The first-order valence-electron chi connectivity index (χ1n) is 9.10. The van der Waals surface area contributed by atoms with E-state index in [0.29, 0.717) is 6.61 Å². The van der Waals surface area contributed by atoms with Crippen molar-refractivity contribution >= 4 is 5.97 Å². The summed E-state index contributed by atoms with van der Waals surface area (Å²) < 4.78 is 5.25. The van der Waals surface area contributed by atoms with E-state index in [9.17, 15) is 4.79 Å². The Morgan fingerprint density at radius 3 is 1.76 bits per heavy atom. The third kappa shape index (κ3) is 13.9. The van der Waals surface area contributed by atoms with Crippen LogP contribution in [0.15, 0.2) is 11.6 Å². The van der Waals surface area contributed by atoms with Gasteiger partial charge in [-0.05, 0) is 32.1 Å². The van der Waals surface area contributed by atoms with Crippen molar-refractivity contribution in [3.05, 3.63) is 11.6 Å². The van der Waals surface area contributed by atoms with Gasteiger partial charge in [0.1, 0.15) is 0 Å². The van der Waals surface area contributed by atoms with Crippen LogP contribution in [0.25, 0.3) is 0 Å². The molecule has 0 fully saturated rings. The minimum atomic E-state index is -0.135. The van der Waals surface area contributed by atoms with Crippen molar-refractivity contribution in [1.82, 2.24) is 0 Å². The van der Waals surface area contributed by atoms with Crippen molar-refractivity contribution in [3.63, 3.8) is 0 Å². The number of carbonyl (C=O) groups is 1. The summed E-state index contributed by atoms with van der Waals surface area (Å²) in [7, 11) is 0. The average Bonchev–Trinajstić information content (AvgIpc) is 2.48. The van der Waals surface area contributed by atoms with E-state index < -0.39 is 0 Å². The summed E-state index contributed by atoms with van der Waals surface area (Å²) in [6.45, 7) is 7.13. The molecule has 0 heterocycles. The molecule has 0 aromatic carbocycles. The highest BCUT2D eigenvalue weighted by Gasteiger charge is 2.04. The standard InChI is InChI=1S/C19H36O2/c1-4-7-10-12-14-18(15-13-11-8-5-2)17-19(20)21-16-9-6-3/h17H,4-16H2,1-3H3. The number of rotatable bonds is 14. The second-order valence-corrected chi connectivity index (χ2v) is 5.94. The van der Waals surface area contributed by atoms with E-state index in [0.717, 1.165) is 25.7 Å². The summed E-state index contributed by atoms with van der Waals surface area (Å²) in [5, 5.41) is 0. The lowest BCUT2D eigenvalue weighted by Gasteiger charge is -2.08. The van der Waals surface area contributed by atoms with Crippen LogP contribution in [-0.4, -0.2) is 12.6 Å². The van der Waals surface area contributed by atoms with Gasteiger partial charge in [-0.1, -0.05) is 71.3 Å². The van der Waals surface area contributed by atoms with Crippen molar-refractivity contribution in [2.75, 3.05) is 6.61 Å². The van der Waals surface area contributed by atoms with Gasteiger partial charge in [0.25, 0.3) is 0 Å². The van der Waals surface area contributed by atoms with E-state index in [1.807, 2.05) is 0 Å². The lowest BCUT2D eigenvalue weighted by molar-refractivity contribution is -0.137. The number of ether oxygens (including phenoxy) is 1. The quantitative estimate of drug-likeness (QED) is 0.217. The number of carbonyl (C=O) groups excluding carboxylic acids is 1. The second kappa shape index (κ2) is 15.6. The van der Waals surface area contributed by atoms with E-state index in [-0.39, 0.29) is 5.97 Å². The number of hydrogen-bond donors (Lipinski definition) is 0. The monoisotopic (exact) mass is 296 g/mol. The van der Waals surface area contributed by atoms with Crippen LogP contribution in [0.4, 0.5) is 0 Å². The topological polar surface area (TPSA) is 26.3 Å². The molecule has 21 heavy (non-hydrogen) atoms. The Morgan fingerprint density at radius 1 is 0.762 bits per heavy atom. The van der Waals surface area contributed by atoms with Crippen molar-refractivity contribution in [3.8, 4) is 0 Å². The number of allylic oxidation sites excluding steroid dienone is 1. The number of hydrogen-bond acceptors (Lipinski definition) is 2. The molecule has 0 bridgehead atoms. The van der Waals surface area contributed by atoms with Gasteiger partial charge in [-0.15, -0.1) is 0 Å². The maximum atomic E-state index is 11.8. The van der Waals surface area contributed by atoms with Crippen molar-refractivity contribution in [2.24, 2.45) is 0 Å². The van der Waals surface area contributed by atoms with E-state index >= 15 is 0 Å². The lowest BCUT2D eigenvalue weighted by atomic mass is 10.00. The first kappa shape index (κ1) is 20.2. The highest BCUT2D eigenvalue weighted by Crippen LogP contribution is 2.17. The Labute approximate surface area is 132 Å². The predicted molar refractivity (Wildman–Crippen MR) is 91.5 cm³/mol. The Morgan fingerprint density at radius 2 is 1.29 bits per heavy atom. The highest BCUT2D eigenvalue weighted by atomic mass is 16.5. The van der Waals surface area contributed by atoms with E-state index in [1.165, 1.54) is 56.9 Å². The minimum Gasteiger partial charge on any atom is -0.463 e. The largest absolute Gasteiger partial charge is 0.463 e. The first-order chi connectivity index (χ1) is 10.2. The summed E-state index contributed by atoms with van der Waals surface area (Å²) in [5.74, 6) is -0.135. The zero-order chi connectivity index (χ0) is 15.8. The summed E-state index contributed by atoms with van der Waals surface area (Å²) in [6.07, 6.45) is 16.0. The van der Waals surface area contributed by atoms with Crippen LogP contribution in [-0.2, 0) is 9.53 Å². The minimum absolute atomic E-state index is 0.135. The molecule has 0 aliphatic heterocycles. The third-order valence-electron chi connectivity index (χ3n) is 3.77. The van der Waals surface area contributed by atoms with Crippen LogP contribution in [0.2, 0.25) is 0 Å². The molecule has 0 saturated carbocycles. The van der Waals surface area contributed by atoms with E-state index in [1.54, 1.807) is 6.08 Å². The highest BCUT2D eigenvalue weighted by molar-refractivity contribution is 5.82. The SMILES string of the molecule is CCCCCCC(=CC(=O)OCCCC)CCCCCC. The van der Waals surface area contributed by atoms with Crippen molar-refractivity contribution < 1.29 is 9.53 Å². The lowest BCUT2D eigenvalue weighted by Crippen LogP contribution is -2.04. The maximum Gasteiger partial charge on any atom is 0.330 e. The third-order valence-corrected chi connectivity index (χ3v) is 3.77. The van der Waals surface area contributed by atoms with Crippen LogP contribution >= 0.6 is 0 Å². The smallest absolute Gasteiger partial charge is 0.330 e. The van der Waals surface area contributed by atoms with Gasteiger partial charge in [0.05, 0.1) is 6.61 Å². The van der Waals surface area contributed by atoms with Gasteiger partial charge in [0.2, 0.25) is 0 Å². The fourth-order valence-electron chi connectivity index (χ4n) is 2.35. The Balaban J connectivity index is 4.15. The van der Waals surface area contributed by atoms with Gasteiger partial charge in [0.15, 0.2) is 0 Å². The molecule has 0 aromatic rings. The van der Waals surface area contributed by atoms with Gasteiger partial charge < -0.3 is 4.74 Å². The molecule has 0 aliphatic carbocycles. The fraction of sp³-hybridized carbons (Fsp3) is 0.842. The fourth-order valence-corrected chi connectivity index (χ4v) is 2.35. The second-order valence-electron chi connectivity index (χ2n) is 5.94. The van der Waals surface area contributed by atoms with Crippen molar-refractivity contribution in [1.29, 1.82) is 0 Å². The van der Waals surface area contributed by atoms with Crippen LogP contribution in [0.5, 0.6) is 0 Å². The summed E-state index contributed by atoms with van der Waals surface area (Å²) in [6, 6.07) is 0. The zero-order valence-corrected chi connectivity index (χ0v) is 14.6. The molecule has 0 radical (unpaired) electrons. The molecule has 0 rings (SSSR count). The molecule has 0 saturated heterocycles. The average molecular weight is 296 g/mol. The number of unbranched alkanes of at least 4 members (excludes halogenated alkanes) is 7. The van der Waals surface area contributed by atoms with Gasteiger partial charge in [-0.2, -0.15) is 0 Å². The molecule has 0 atom stereocenters. The Hall–Kier alpha value is -0.790. The molecule has 2 heteroatoms. The molecule has 0 spiro atoms.